The lowest BCUT2D eigenvalue weighted by atomic mass is 9.82. The van der Waals surface area contributed by atoms with Crippen molar-refractivity contribution in [2.75, 3.05) is 7.11 Å². The summed E-state index contributed by atoms with van der Waals surface area (Å²) in [7, 11) is 1.59. The summed E-state index contributed by atoms with van der Waals surface area (Å²) in [5.74, 6) is 0.849. The summed E-state index contributed by atoms with van der Waals surface area (Å²) in [6.45, 7) is 1.97. The number of benzene rings is 1. The Morgan fingerprint density at radius 2 is 1.84 bits per heavy atom. The predicted molar refractivity (Wildman–Crippen MR) is 75.3 cm³/mol. The molecule has 0 spiro atoms. The number of aliphatic hydroxyl groups is 2. The average molecular weight is 264 g/mol. The van der Waals surface area contributed by atoms with E-state index in [1.807, 2.05) is 25.1 Å². The minimum Gasteiger partial charge on any atom is -0.496 e. The molecule has 0 radical (unpaired) electrons. The molecule has 0 heterocycles. The molecule has 2 atom stereocenters. The van der Waals surface area contributed by atoms with Crippen LogP contribution in [0.5, 0.6) is 5.75 Å². The van der Waals surface area contributed by atoms with Crippen LogP contribution in [0.15, 0.2) is 18.2 Å². The van der Waals surface area contributed by atoms with Crippen molar-refractivity contribution in [2.24, 2.45) is 5.92 Å². The largest absolute Gasteiger partial charge is 0.496 e. The van der Waals surface area contributed by atoms with Crippen LogP contribution < -0.4 is 4.74 Å². The zero-order valence-corrected chi connectivity index (χ0v) is 11.8. The lowest BCUT2D eigenvalue weighted by Crippen LogP contribution is -2.29. The van der Waals surface area contributed by atoms with E-state index in [1.54, 1.807) is 7.11 Å². The highest BCUT2D eigenvalue weighted by Gasteiger charge is 2.30. The SMILES string of the molecule is COc1ccc(C)cc1C(O)C(O)C1CCCCC1. The van der Waals surface area contributed by atoms with Crippen LogP contribution in [0.2, 0.25) is 0 Å². The predicted octanol–water partition coefficient (Wildman–Crippen LogP) is 2.98. The molecule has 3 nitrogen and oxygen atoms in total. The van der Waals surface area contributed by atoms with Crippen molar-refractivity contribution < 1.29 is 14.9 Å². The molecule has 1 fully saturated rings. The molecule has 1 aromatic carbocycles. The molecule has 1 aromatic rings. The van der Waals surface area contributed by atoms with Crippen LogP contribution in [0.1, 0.15) is 49.3 Å². The second-order valence-electron chi connectivity index (χ2n) is 5.58. The van der Waals surface area contributed by atoms with Gasteiger partial charge in [-0.15, -0.1) is 0 Å². The molecule has 0 amide bonds. The summed E-state index contributed by atoms with van der Waals surface area (Å²) in [4.78, 5) is 0. The van der Waals surface area contributed by atoms with Crippen molar-refractivity contribution in [3.05, 3.63) is 29.3 Å². The van der Waals surface area contributed by atoms with E-state index in [-0.39, 0.29) is 5.92 Å². The molecule has 2 rings (SSSR count). The molecule has 1 saturated carbocycles. The maximum Gasteiger partial charge on any atom is 0.124 e. The third-order valence-corrected chi connectivity index (χ3v) is 4.16. The molecule has 2 N–H and O–H groups in total. The molecule has 1 aliphatic carbocycles. The van der Waals surface area contributed by atoms with Gasteiger partial charge in [0.15, 0.2) is 0 Å². The third kappa shape index (κ3) is 3.28. The van der Waals surface area contributed by atoms with E-state index in [2.05, 4.69) is 0 Å². The Hall–Kier alpha value is -1.06. The monoisotopic (exact) mass is 264 g/mol. The van der Waals surface area contributed by atoms with Crippen molar-refractivity contribution in [3.8, 4) is 5.75 Å². The van der Waals surface area contributed by atoms with E-state index in [4.69, 9.17) is 4.74 Å². The Kier molecular flexibility index (Phi) is 4.83. The van der Waals surface area contributed by atoms with Crippen LogP contribution in [-0.4, -0.2) is 23.4 Å². The standard InChI is InChI=1S/C16H24O3/c1-11-8-9-14(19-2)13(10-11)16(18)15(17)12-6-4-3-5-7-12/h8-10,12,15-18H,3-7H2,1-2H3. The summed E-state index contributed by atoms with van der Waals surface area (Å²) in [5.41, 5.74) is 1.76. The molecule has 3 heteroatoms. The lowest BCUT2D eigenvalue weighted by molar-refractivity contribution is -0.0295. The van der Waals surface area contributed by atoms with E-state index < -0.39 is 12.2 Å². The Bertz CT molecular complexity index is 410. The molecule has 106 valence electrons. The van der Waals surface area contributed by atoms with Crippen LogP contribution >= 0.6 is 0 Å². The molecular formula is C16H24O3. The number of ether oxygens (including phenoxy) is 1. The first-order chi connectivity index (χ1) is 9.13. The van der Waals surface area contributed by atoms with E-state index in [0.717, 1.165) is 31.2 Å². The molecule has 1 aliphatic rings. The van der Waals surface area contributed by atoms with Crippen molar-refractivity contribution in [3.63, 3.8) is 0 Å². The smallest absolute Gasteiger partial charge is 0.124 e. The second kappa shape index (κ2) is 6.40. The van der Waals surface area contributed by atoms with Gasteiger partial charge in [-0.25, -0.2) is 0 Å². The van der Waals surface area contributed by atoms with Gasteiger partial charge in [0.25, 0.3) is 0 Å². The van der Waals surface area contributed by atoms with Crippen molar-refractivity contribution in [2.45, 2.75) is 51.2 Å². The minimum absolute atomic E-state index is 0.203. The van der Waals surface area contributed by atoms with Gasteiger partial charge >= 0.3 is 0 Å². The number of hydrogen-bond acceptors (Lipinski definition) is 3. The Morgan fingerprint density at radius 3 is 2.47 bits per heavy atom. The van der Waals surface area contributed by atoms with Crippen molar-refractivity contribution >= 4 is 0 Å². The third-order valence-electron chi connectivity index (χ3n) is 4.16. The van der Waals surface area contributed by atoms with Gasteiger partial charge in [-0.05, 0) is 37.8 Å². The van der Waals surface area contributed by atoms with Crippen LogP contribution in [0.25, 0.3) is 0 Å². The normalized spacial score (nSPS) is 20.0. The minimum atomic E-state index is -0.863. The van der Waals surface area contributed by atoms with E-state index in [1.165, 1.54) is 6.42 Å². The lowest BCUT2D eigenvalue weighted by Gasteiger charge is -2.30. The average Bonchev–Trinajstić information content (AvgIpc) is 2.46. The number of aliphatic hydroxyl groups excluding tert-OH is 2. The molecule has 0 bridgehead atoms. The number of hydrogen-bond donors (Lipinski definition) is 2. The zero-order valence-electron chi connectivity index (χ0n) is 11.8. The van der Waals surface area contributed by atoms with Gasteiger partial charge in [-0.1, -0.05) is 30.9 Å². The fourth-order valence-corrected chi connectivity index (χ4v) is 3.00. The summed E-state index contributed by atoms with van der Waals surface area (Å²) >= 11 is 0. The molecule has 0 aromatic heterocycles. The van der Waals surface area contributed by atoms with E-state index >= 15 is 0 Å². The first-order valence-corrected chi connectivity index (χ1v) is 7.14. The van der Waals surface area contributed by atoms with Gasteiger partial charge in [0.2, 0.25) is 0 Å². The summed E-state index contributed by atoms with van der Waals surface area (Å²) in [6, 6.07) is 5.69. The Balaban J connectivity index is 2.17. The van der Waals surface area contributed by atoms with Crippen molar-refractivity contribution in [1.29, 1.82) is 0 Å². The Labute approximate surface area is 115 Å². The molecule has 0 aliphatic heterocycles. The summed E-state index contributed by atoms with van der Waals surface area (Å²) in [5, 5.41) is 20.8. The first-order valence-electron chi connectivity index (χ1n) is 7.14. The molecule has 19 heavy (non-hydrogen) atoms. The van der Waals surface area contributed by atoms with Gasteiger partial charge in [-0.3, -0.25) is 0 Å². The van der Waals surface area contributed by atoms with Gasteiger partial charge in [0.05, 0.1) is 13.2 Å². The fourth-order valence-electron chi connectivity index (χ4n) is 3.00. The Morgan fingerprint density at radius 1 is 1.16 bits per heavy atom. The first kappa shape index (κ1) is 14.4. The van der Waals surface area contributed by atoms with Gasteiger partial charge in [-0.2, -0.15) is 0 Å². The quantitative estimate of drug-likeness (QED) is 0.879. The van der Waals surface area contributed by atoms with E-state index in [0.29, 0.717) is 11.3 Å². The zero-order chi connectivity index (χ0) is 13.8. The van der Waals surface area contributed by atoms with Crippen LogP contribution in [0.4, 0.5) is 0 Å². The van der Waals surface area contributed by atoms with Crippen LogP contribution in [0.3, 0.4) is 0 Å². The highest BCUT2D eigenvalue weighted by atomic mass is 16.5. The maximum absolute atomic E-state index is 10.4. The number of rotatable bonds is 4. The topological polar surface area (TPSA) is 49.7 Å². The summed E-state index contributed by atoms with van der Waals surface area (Å²) in [6.07, 6.45) is 4.00. The second-order valence-corrected chi connectivity index (χ2v) is 5.58. The van der Waals surface area contributed by atoms with E-state index in [9.17, 15) is 10.2 Å². The number of methoxy groups -OCH3 is 1. The molecular weight excluding hydrogens is 240 g/mol. The van der Waals surface area contributed by atoms with Gasteiger partial charge in [0, 0.05) is 5.56 Å². The highest BCUT2D eigenvalue weighted by Crippen LogP contribution is 2.35. The number of aryl methyl sites for hydroxylation is 1. The highest BCUT2D eigenvalue weighted by molar-refractivity contribution is 5.39. The molecule has 2 unspecified atom stereocenters. The van der Waals surface area contributed by atoms with Gasteiger partial charge < -0.3 is 14.9 Å². The fraction of sp³-hybridized carbons (Fsp3) is 0.625. The summed E-state index contributed by atoms with van der Waals surface area (Å²) < 4.78 is 5.29. The van der Waals surface area contributed by atoms with Gasteiger partial charge in [0.1, 0.15) is 11.9 Å². The van der Waals surface area contributed by atoms with Crippen LogP contribution in [0, 0.1) is 12.8 Å². The van der Waals surface area contributed by atoms with Crippen molar-refractivity contribution in [1.82, 2.24) is 0 Å². The maximum atomic E-state index is 10.4. The molecule has 0 saturated heterocycles. The van der Waals surface area contributed by atoms with Crippen LogP contribution in [-0.2, 0) is 0 Å².